The van der Waals surface area contributed by atoms with Crippen molar-refractivity contribution in [3.8, 4) is 23.1 Å². The Balaban J connectivity index is 1.32. The third kappa shape index (κ3) is 7.02. The van der Waals surface area contributed by atoms with Gasteiger partial charge in [0.1, 0.15) is 11.3 Å². The topological polar surface area (TPSA) is 120 Å². The highest BCUT2D eigenvalue weighted by Gasteiger charge is 2.19. The molecule has 0 radical (unpaired) electrons. The summed E-state index contributed by atoms with van der Waals surface area (Å²) in [6.07, 6.45) is 8.02. The second-order valence-electron chi connectivity index (χ2n) is 8.80. The molecule has 0 aliphatic heterocycles. The number of aryl methyl sites for hydroxylation is 3. The summed E-state index contributed by atoms with van der Waals surface area (Å²) in [5.74, 6) is 2.53. The van der Waals surface area contributed by atoms with E-state index >= 15 is 0 Å². The minimum absolute atomic E-state index is 0.0907. The zero-order valence-electron chi connectivity index (χ0n) is 20.0. The van der Waals surface area contributed by atoms with Crippen molar-refractivity contribution >= 4 is 5.91 Å². The summed E-state index contributed by atoms with van der Waals surface area (Å²) in [4.78, 5) is 20.6. The van der Waals surface area contributed by atoms with Crippen molar-refractivity contribution in [2.45, 2.75) is 45.4 Å². The van der Waals surface area contributed by atoms with Gasteiger partial charge in [-0.25, -0.2) is 4.98 Å². The molecule has 3 aromatic rings. The minimum Gasteiger partial charge on any atom is -0.484 e. The van der Waals surface area contributed by atoms with Gasteiger partial charge in [-0.05, 0) is 61.4 Å². The molecule has 186 valence electrons. The van der Waals surface area contributed by atoms with E-state index in [2.05, 4.69) is 20.4 Å². The molecule has 2 heterocycles. The highest BCUT2D eigenvalue weighted by molar-refractivity contribution is 5.77. The van der Waals surface area contributed by atoms with Gasteiger partial charge in [-0.15, -0.1) is 0 Å². The summed E-state index contributed by atoms with van der Waals surface area (Å²) in [5.41, 5.74) is 2.75. The maximum absolute atomic E-state index is 11.7. The molecule has 1 aliphatic carbocycles. The number of carbonyl (C=O) groups is 1. The maximum atomic E-state index is 11.7. The number of hydrogen-bond acceptors (Lipinski definition) is 8. The van der Waals surface area contributed by atoms with Gasteiger partial charge in [0.2, 0.25) is 5.88 Å². The zero-order chi connectivity index (χ0) is 24.5. The van der Waals surface area contributed by atoms with E-state index in [9.17, 15) is 4.79 Å². The van der Waals surface area contributed by atoms with Crippen LogP contribution in [0, 0.1) is 12.8 Å². The summed E-state index contributed by atoms with van der Waals surface area (Å²) < 4.78 is 17.1. The molecule has 0 atom stereocenters. The molecule has 4 rings (SSSR count). The number of aliphatic hydroxyl groups excluding tert-OH is 1. The Bertz CT molecular complexity index is 1110. The lowest BCUT2D eigenvalue weighted by molar-refractivity contribution is -0.123. The molecular weight excluding hydrogens is 448 g/mol. The second kappa shape index (κ2) is 12.3. The number of ether oxygens (including phenoxy) is 2. The monoisotopic (exact) mass is 480 g/mol. The number of amides is 1. The van der Waals surface area contributed by atoms with Gasteiger partial charge in [0.25, 0.3) is 11.8 Å². The molecule has 0 saturated heterocycles. The number of nitrogens with one attached hydrogen (secondary N) is 1. The molecular formula is C26H32N4O5. The number of pyridine rings is 1. The van der Waals surface area contributed by atoms with Crippen molar-refractivity contribution in [1.29, 1.82) is 0 Å². The number of aliphatic hydroxyl groups is 1. The van der Waals surface area contributed by atoms with E-state index in [-0.39, 0.29) is 25.7 Å². The Labute approximate surface area is 204 Å². The molecule has 1 fully saturated rings. The predicted octanol–water partition coefficient (Wildman–Crippen LogP) is 3.28. The van der Waals surface area contributed by atoms with Crippen molar-refractivity contribution in [3.63, 3.8) is 0 Å². The molecule has 9 nitrogen and oxygen atoms in total. The Morgan fingerprint density at radius 2 is 2.06 bits per heavy atom. The average molecular weight is 481 g/mol. The zero-order valence-corrected chi connectivity index (χ0v) is 20.0. The van der Waals surface area contributed by atoms with Gasteiger partial charge < -0.3 is 24.4 Å². The summed E-state index contributed by atoms with van der Waals surface area (Å²) in [6.45, 7) is 2.63. The summed E-state index contributed by atoms with van der Waals surface area (Å²) >= 11 is 0. The molecule has 1 aromatic carbocycles. The smallest absolute Gasteiger partial charge is 0.263 e. The average Bonchev–Trinajstić information content (AvgIpc) is 3.57. The first-order chi connectivity index (χ1) is 17.1. The molecule has 1 aliphatic rings. The van der Waals surface area contributed by atoms with Gasteiger partial charge in [0.15, 0.2) is 12.4 Å². The van der Waals surface area contributed by atoms with Crippen LogP contribution in [0.15, 0.2) is 41.1 Å². The van der Waals surface area contributed by atoms with Crippen LogP contribution in [0.2, 0.25) is 0 Å². The fourth-order valence-electron chi connectivity index (χ4n) is 4.18. The van der Waals surface area contributed by atoms with E-state index in [1.807, 2.05) is 37.3 Å². The van der Waals surface area contributed by atoms with Crippen molar-refractivity contribution in [2.24, 2.45) is 5.92 Å². The molecule has 0 spiro atoms. The van der Waals surface area contributed by atoms with Gasteiger partial charge in [0.05, 0.1) is 13.2 Å². The number of nitrogens with zero attached hydrogens (tertiary/aromatic N) is 3. The van der Waals surface area contributed by atoms with Crippen LogP contribution in [0.4, 0.5) is 0 Å². The number of benzene rings is 1. The third-order valence-corrected chi connectivity index (χ3v) is 6.07. The lowest BCUT2D eigenvalue weighted by atomic mass is 10.1. The van der Waals surface area contributed by atoms with Gasteiger partial charge in [-0.2, -0.15) is 4.98 Å². The highest BCUT2D eigenvalue weighted by Crippen LogP contribution is 2.30. The SMILES string of the molecule is Cc1cc(CCc2noc(-c3cccnc3OCC3CCCC3)n2)ccc1OCC(=O)NCCO. The minimum atomic E-state index is -0.267. The van der Waals surface area contributed by atoms with Crippen LogP contribution in [0.3, 0.4) is 0 Å². The van der Waals surface area contributed by atoms with Crippen LogP contribution in [-0.4, -0.2) is 52.5 Å². The molecule has 0 unspecified atom stereocenters. The van der Waals surface area contributed by atoms with Gasteiger partial charge in [0, 0.05) is 19.2 Å². The summed E-state index contributed by atoms with van der Waals surface area (Å²) in [6, 6.07) is 9.57. The van der Waals surface area contributed by atoms with E-state index in [1.54, 1.807) is 6.20 Å². The Hall–Kier alpha value is -3.46. The Morgan fingerprint density at radius 3 is 2.86 bits per heavy atom. The van der Waals surface area contributed by atoms with E-state index in [0.717, 1.165) is 17.5 Å². The van der Waals surface area contributed by atoms with Crippen LogP contribution < -0.4 is 14.8 Å². The predicted molar refractivity (Wildman–Crippen MR) is 129 cm³/mol. The van der Waals surface area contributed by atoms with E-state index in [0.29, 0.717) is 47.9 Å². The molecule has 0 bridgehead atoms. The lowest BCUT2D eigenvalue weighted by Gasteiger charge is -2.11. The standard InChI is InChI=1S/C26H32N4O5/c1-18-15-19(8-10-22(18)33-17-24(32)27-13-14-31)9-11-23-29-26(35-30-23)21-7-4-12-28-25(21)34-16-20-5-2-3-6-20/h4,7-8,10,12,15,20,31H,2-3,5-6,9,11,13-14,16-17H2,1H3,(H,27,32). The molecule has 1 amide bonds. The largest absolute Gasteiger partial charge is 0.484 e. The molecule has 35 heavy (non-hydrogen) atoms. The van der Waals surface area contributed by atoms with E-state index in [1.165, 1.54) is 25.7 Å². The van der Waals surface area contributed by atoms with Crippen LogP contribution in [0.1, 0.15) is 42.6 Å². The first-order valence-corrected chi connectivity index (χ1v) is 12.1. The number of carbonyl (C=O) groups excluding carboxylic acids is 1. The fourth-order valence-corrected chi connectivity index (χ4v) is 4.18. The van der Waals surface area contributed by atoms with Gasteiger partial charge >= 0.3 is 0 Å². The Kier molecular flexibility index (Phi) is 8.67. The number of aromatic nitrogens is 3. The fraction of sp³-hybridized carbons (Fsp3) is 0.462. The number of hydrogen-bond donors (Lipinski definition) is 2. The van der Waals surface area contributed by atoms with E-state index in [4.69, 9.17) is 19.1 Å². The van der Waals surface area contributed by atoms with Gasteiger partial charge in [-0.3, -0.25) is 4.79 Å². The van der Waals surface area contributed by atoms with Crippen LogP contribution in [0.25, 0.3) is 11.5 Å². The Morgan fingerprint density at radius 1 is 1.20 bits per heavy atom. The molecule has 9 heteroatoms. The van der Waals surface area contributed by atoms with Crippen molar-refractivity contribution < 1.29 is 23.9 Å². The normalized spacial score (nSPS) is 13.7. The van der Waals surface area contributed by atoms with Crippen LogP contribution in [0.5, 0.6) is 11.6 Å². The van der Waals surface area contributed by atoms with Crippen LogP contribution in [-0.2, 0) is 17.6 Å². The van der Waals surface area contributed by atoms with Crippen molar-refractivity contribution in [1.82, 2.24) is 20.4 Å². The number of rotatable bonds is 12. The molecule has 1 saturated carbocycles. The first kappa shape index (κ1) is 24.7. The van der Waals surface area contributed by atoms with Crippen molar-refractivity contribution in [3.05, 3.63) is 53.5 Å². The summed E-state index contributed by atoms with van der Waals surface area (Å²) in [7, 11) is 0. The third-order valence-electron chi connectivity index (χ3n) is 6.07. The van der Waals surface area contributed by atoms with E-state index < -0.39 is 0 Å². The van der Waals surface area contributed by atoms with Gasteiger partial charge in [-0.1, -0.05) is 30.1 Å². The first-order valence-electron chi connectivity index (χ1n) is 12.1. The van der Waals surface area contributed by atoms with Crippen LogP contribution >= 0.6 is 0 Å². The lowest BCUT2D eigenvalue weighted by Crippen LogP contribution is -2.31. The quantitative estimate of drug-likeness (QED) is 0.405. The van der Waals surface area contributed by atoms with Crippen molar-refractivity contribution in [2.75, 3.05) is 26.4 Å². The maximum Gasteiger partial charge on any atom is 0.263 e. The summed E-state index contributed by atoms with van der Waals surface area (Å²) in [5, 5.41) is 15.5. The second-order valence-corrected chi connectivity index (χ2v) is 8.80. The molecule has 2 N–H and O–H groups in total. The highest BCUT2D eigenvalue weighted by atomic mass is 16.5. The molecule has 2 aromatic heterocycles.